The van der Waals surface area contributed by atoms with E-state index < -0.39 is 5.66 Å². The number of hydrogen-bond donors (Lipinski definition) is 1. The molecule has 6 heteroatoms. The fourth-order valence-electron chi connectivity index (χ4n) is 4.08. The van der Waals surface area contributed by atoms with Crippen molar-refractivity contribution in [3.05, 3.63) is 70.7 Å². The Bertz CT molecular complexity index is 919. The van der Waals surface area contributed by atoms with E-state index in [1.54, 1.807) is 34.1 Å². The van der Waals surface area contributed by atoms with E-state index in [1.807, 2.05) is 30.3 Å². The number of piperidine rings is 1. The summed E-state index contributed by atoms with van der Waals surface area (Å²) in [7, 11) is 0. The molecule has 0 radical (unpaired) electrons. The number of thiocarbonyl (C=S) groups is 1. The number of halogens is 1. The zero-order valence-electron chi connectivity index (χ0n) is 15.8. The quantitative estimate of drug-likeness (QED) is 0.787. The highest BCUT2D eigenvalue weighted by Crippen LogP contribution is 2.36. The zero-order valence-corrected chi connectivity index (χ0v) is 17.4. The Hall–Kier alpha value is -2.08. The van der Waals surface area contributed by atoms with Gasteiger partial charge in [0, 0.05) is 29.0 Å². The van der Waals surface area contributed by atoms with Crippen LogP contribution in [0, 0.1) is 0 Å². The van der Waals surface area contributed by atoms with Gasteiger partial charge in [0.1, 0.15) is 10.7 Å². The monoisotopic (exact) mass is 412 g/mol. The van der Waals surface area contributed by atoms with E-state index in [2.05, 4.69) is 6.92 Å². The van der Waals surface area contributed by atoms with Crippen LogP contribution in [-0.4, -0.2) is 46.8 Å². The second-order valence-corrected chi connectivity index (χ2v) is 8.19. The Morgan fingerprint density at radius 2 is 1.79 bits per heavy atom. The topological polar surface area (TPSA) is 37.1 Å². The van der Waals surface area contributed by atoms with Gasteiger partial charge in [-0.2, -0.15) is 0 Å². The minimum Gasteiger partial charge on any atom is -0.335 e. The molecule has 1 fully saturated rings. The summed E-state index contributed by atoms with van der Waals surface area (Å²) in [5.74, 6) is -0.101. The fraction of sp³-hybridized carbons (Fsp3) is 0.318. The lowest BCUT2D eigenvalue weighted by Gasteiger charge is -2.40. The van der Waals surface area contributed by atoms with Gasteiger partial charge < -0.3 is 4.90 Å². The summed E-state index contributed by atoms with van der Waals surface area (Å²) in [5, 5.41) is 0.608. The number of quaternary nitrogens is 1. The van der Waals surface area contributed by atoms with E-state index in [9.17, 15) is 4.79 Å². The van der Waals surface area contributed by atoms with Crippen LogP contribution in [0.1, 0.15) is 35.7 Å². The van der Waals surface area contributed by atoms with E-state index in [1.165, 1.54) is 0 Å². The second-order valence-electron chi connectivity index (χ2n) is 7.37. The molecule has 1 spiro atoms. The minimum atomic E-state index is -0.586. The van der Waals surface area contributed by atoms with E-state index in [0.717, 1.165) is 43.8 Å². The molecule has 2 aliphatic rings. The van der Waals surface area contributed by atoms with Crippen molar-refractivity contribution in [1.82, 2.24) is 4.90 Å². The summed E-state index contributed by atoms with van der Waals surface area (Å²) in [6.45, 7) is 5.24. The number of nitrogens with one attached hydrogen (secondary N) is 1. The van der Waals surface area contributed by atoms with Crippen molar-refractivity contribution < 1.29 is 9.69 Å². The van der Waals surface area contributed by atoms with E-state index >= 15 is 0 Å². The maximum atomic E-state index is 13.5. The van der Waals surface area contributed by atoms with Crippen LogP contribution >= 0.6 is 23.8 Å². The number of rotatable bonds is 3. The number of carbonyl (C=O) groups is 1. The van der Waals surface area contributed by atoms with Gasteiger partial charge in [-0.05, 0) is 31.2 Å². The number of amides is 1. The third kappa shape index (κ3) is 3.39. The SMILES string of the molecule is CC[NH+]1CCC2(CC1)N=C(c1ccccc1)C(=S)N2C(=O)c1ccc(Cl)cc1. The van der Waals surface area contributed by atoms with Crippen molar-refractivity contribution in [3.63, 3.8) is 0 Å². The van der Waals surface area contributed by atoms with Gasteiger partial charge in [0.2, 0.25) is 0 Å². The number of benzene rings is 2. The zero-order chi connectivity index (χ0) is 19.7. The highest BCUT2D eigenvalue weighted by Gasteiger charge is 2.51. The van der Waals surface area contributed by atoms with Gasteiger partial charge >= 0.3 is 0 Å². The average Bonchev–Trinajstić information content (AvgIpc) is 3.01. The molecule has 28 heavy (non-hydrogen) atoms. The predicted molar refractivity (Wildman–Crippen MR) is 116 cm³/mol. The molecule has 4 nitrogen and oxygen atoms in total. The Balaban J connectivity index is 1.74. The molecule has 1 saturated heterocycles. The third-order valence-electron chi connectivity index (χ3n) is 5.74. The van der Waals surface area contributed by atoms with Gasteiger partial charge in [-0.15, -0.1) is 0 Å². The van der Waals surface area contributed by atoms with Crippen LogP contribution in [0.2, 0.25) is 5.02 Å². The van der Waals surface area contributed by atoms with Crippen molar-refractivity contribution in [3.8, 4) is 0 Å². The molecular weight excluding hydrogens is 390 g/mol. The number of carbonyl (C=O) groups excluding carboxylic acids is 1. The van der Waals surface area contributed by atoms with Crippen LogP contribution in [0.25, 0.3) is 0 Å². The van der Waals surface area contributed by atoms with Crippen molar-refractivity contribution in [2.45, 2.75) is 25.4 Å². The summed E-state index contributed by atoms with van der Waals surface area (Å²) in [4.78, 5) is 22.4. The number of nitrogens with zero attached hydrogens (tertiary/aromatic N) is 2. The number of hydrogen-bond acceptors (Lipinski definition) is 3. The lowest BCUT2D eigenvalue weighted by Crippen LogP contribution is -3.13. The molecule has 144 valence electrons. The lowest BCUT2D eigenvalue weighted by molar-refractivity contribution is -0.904. The molecule has 0 atom stereocenters. The molecule has 2 aromatic carbocycles. The highest BCUT2D eigenvalue weighted by molar-refractivity contribution is 7.82. The van der Waals surface area contributed by atoms with E-state index in [0.29, 0.717) is 15.6 Å². The summed E-state index contributed by atoms with van der Waals surface area (Å²) >= 11 is 11.8. The largest absolute Gasteiger partial charge is 0.335 e. The maximum Gasteiger partial charge on any atom is 0.260 e. The number of likely N-dealkylation sites (tertiary alicyclic amines) is 1. The first kappa shape index (κ1) is 19.2. The Morgan fingerprint density at radius 3 is 2.39 bits per heavy atom. The molecule has 2 heterocycles. The van der Waals surface area contributed by atoms with E-state index in [-0.39, 0.29) is 5.91 Å². The smallest absolute Gasteiger partial charge is 0.260 e. The van der Waals surface area contributed by atoms with Gasteiger partial charge in [-0.1, -0.05) is 54.2 Å². The van der Waals surface area contributed by atoms with Crippen molar-refractivity contribution >= 4 is 40.4 Å². The highest BCUT2D eigenvalue weighted by atomic mass is 35.5. The van der Waals surface area contributed by atoms with Gasteiger partial charge in [0.25, 0.3) is 5.91 Å². The number of aliphatic imine (C=N–C) groups is 1. The molecule has 2 aromatic rings. The van der Waals surface area contributed by atoms with Crippen molar-refractivity contribution in [2.24, 2.45) is 4.99 Å². The molecule has 0 aliphatic carbocycles. The molecule has 0 saturated carbocycles. The van der Waals surface area contributed by atoms with Crippen LogP contribution in [0.5, 0.6) is 0 Å². The van der Waals surface area contributed by atoms with E-state index in [4.69, 9.17) is 28.8 Å². The Labute approximate surface area is 175 Å². The van der Waals surface area contributed by atoms with Gasteiger partial charge in [0.05, 0.1) is 19.6 Å². The van der Waals surface area contributed by atoms with Crippen LogP contribution in [0.15, 0.2) is 59.6 Å². The van der Waals surface area contributed by atoms with Crippen LogP contribution in [-0.2, 0) is 0 Å². The molecule has 0 aromatic heterocycles. The normalized spacial score (nSPS) is 24.5. The lowest BCUT2D eigenvalue weighted by atomic mass is 9.95. The minimum absolute atomic E-state index is 0.101. The predicted octanol–water partition coefficient (Wildman–Crippen LogP) is 3.01. The van der Waals surface area contributed by atoms with Gasteiger partial charge in [-0.25, -0.2) is 0 Å². The Kier molecular flexibility index (Phi) is 5.32. The molecule has 2 aliphatic heterocycles. The van der Waals surface area contributed by atoms with Crippen LogP contribution < -0.4 is 4.90 Å². The van der Waals surface area contributed by atoms with Crippen LogP contribution in [0.4, 0.5) is 0 Å². The summed E-state index contributed by atoms with van der Waals surface area (Å²) < 4.78 is 0. The fourth-order valence-corrected chi connectivity index (χ4v) is 4.62. The summed E-state index contributed by atoms with van der Waals surface area (Å²) in [5.41, 5.74) is 1.71. The van der Waals surface area contributed by atoms with Crippen molar-refractivity contribution in [2.75, 3.05) is 19.6 Å². The first-order chi connectivity index (χ1) is 13.5. The third-order valence-corrected chi connectivity index (χ3v) is 6.37. The average molecular weight is 413 g/mol. The summed E-state index contributed by atoms with van der Waals surface area (Å²) in [6, 6.07) is 16.9. The van der Waals surface area contributed by atoms with Gasteiger partial charge in [0.15, 0.2) is 5.66 Å². The molecule has 4 rings (SSSR count). The Morgan fingerprint density at radius 1 is 1.14 bits per heavy atom. The molecule has 1 amide bonds. The maximum absolute atomic E-state index is 13.5. The second kappa shape index (κ2) is 7.74. The van der Waals surface area contributed by atoms with Crippen LogP contribution in [0.3, 0.4) is 0 Å². The molecule has 0 bridgehead atoms. The first-order valence-corrected chi connectivity index (χ1v) is 10.5. The van der Waals surface area contributed by atoms with Gasteiger partial charge in [-0.3, -0.25) is 14.7 Å². The standard InChI is InChI=1S/C22H22ClN3OS/c1-2-25-14-12-22(13-15-25)24-19(16-6-4-3-5-7-16)21(28)26(22)20(27)17-8-10-18(23)11-9-17/h3-11H,2,12-15H2,1H3/p+1. The molecular formula is C22H23ClN3OS+. The first-order valence-electron chi connectivity index (χ1n) is 9.67. The summed E-state index contributed by atoms with van der Waals surface area (Å²) in [6.07, 6.45) is 1.62. The molecule has 1 N–H and O–H groups in total. The molecule has 0 unspecified atom stereocenters. The van der Waals surface area contributed by atoms with Crippen molar-refractivity contribution in [1.29, 1.82) is 0 Å².